The highest BCUT2D eigenvalue weighted by molar-refractivity contribution is 5.87. The summed E-state index contributed by atoms with van der Waals surface area (Å²) in [5, 5.41) is 2.89. The predicted octanol–water partition coefficient (Wildman–Crippen LogP) is 6.27. The molecule has 2 aromatic rings. The summed E-state index contributed by atoms with van der Waals surface area (Å²) in [6, 6.07) is 13.7. The molecule has 0 bridgehead atoms. The standard InChI is InChI=1S/C23H26/c1-3-8-18-14-13-17-9-4-7-12-21(17)23(18)22-15-19-10-5-6-11-20(19)16(22)2/h4-7,9-14,16,19-20,22H,3,8,15H2,1-2H3. The smallest absolute Gasteiger partial charge is 0.0116 e. The van der Waals surface area contributed by atoms with Crippen LogP contribution in [0.2, 0.25) is 0 Å². The summed E-state index contributed by atoms with van der Waals surface area (Å²) in [4.78, 5) is 0. The van der Waals surface area contributed by atoms with Gasteiger partial charge in [-0.1, -0.05) is 81.0 Å². The van der Waals surface area contributed by atoms with Crippen molar-refractivity contribution in [1.29, 1.82) is 0 Å². The zero-order valence-corrected chi connectivity index (χ0v) is 14.2. The quantitative estimate of drug-likeness (QED) is 0.626. The molecule has 4 atom stereocenters. The van der Waals surface area contributed by atoms with Crippen molar-refractivity contribution in [3.8, 4) is 0 Å². The van der Waals surface area contributed by atoms with E-state index in [0.717, 1.165) is 17.8 Å². The molecular formula is C23H26. The van der Waals surface area contributed by atoms with Crippen LogP contribution in [0.4, 0.5) is 0 Å². The first-order chi connectivity index (χ1) is 11.3. The molecule has 2 aromatic carbocycles. The van der Waals surface area contributed by atoms with E-state index in [9.17, 15) is 0 Å². The molecule has 0 heteroatoms. The third-order valence-electron chi connectivity index (χ3n) is 6.02. The molecule has 0 nitrogen and oxygen atoms in total. The molecule has 1 fully saturated rings. The monoisotopic (exact) mass is 302 g/mol. The lowest BCUT2D eigenvalue weighted by Gasteiger charge is -2.24. The first kappa shape index (κ1) is 14.8. The molecule has 0 aromatic heterocycles. The van der Waals surface area contributed by atoms with Gasteiger partial charge in [0.25, 0.3) is 0 Å². The summed E-state index contributed by atoms with van der Waals surface area (Å²) >= 11 is 0. The molecule has 0 amide bonds. The van der Waals surface area contributed by atoms with Crippen molar-refractivity contribution in [1.82, 2.24) is 0 Å². The summed E-state index contributed by atoms with van der Waals surface area (Å²) in [6.07, 6.45) is 13.1. The number of hydrogen-bond donors (Lipinski definition) is 0. The molecule has 118 valence electrons. The second-order valence-electron chi connectivity index (χ2n) is 7.32. The summed E-state index contributed by atoms with van der Waals surface area (Å²) in [6.45, 7) is 4.76. The lowest BCUT2D eigenvalue weighted by molar-refractivity contribution is 0.430. The second-order valence-corrected chi connectivity index (χ2v) is 7.32. The average Bonchev–Trinajstić information content (AvgIpc) is 2.92. The molecule has 0 saturated heterocycles. The van der Waals surface area contributed by atoms with Gasteiger partial charge in [0.1, 0.15) is 0 Å². The fraction of sp³-hybridized carbons (Fsp3) is 0.391. The molecular weight excluding hydrogens is 276 g/mol. The van der Waals surface area contributed by atoms with Crippen LogP contribution in [0.5, 0.6) is 0 Å². The molecule has 2 aliphatic rings. The van der Waals surface area contributed by atoms with Crippen LogP contribution in [0.1, 0.15) is 43.7 Å². The van der Waals surface area contributed by atoms with E-state index in [2.05, 4.69) is 74.5 Å². The third kappa shape index (κ3) is 2.45. The molecule has 0 spiro atoms. The Balaban J connectivity index is 1.85. The predicted molar refractivity (Wildman–Crippen MR) is 99.7 cm³/mol. The van der Waals surface area contributed by atoms with Gasteiger partial charge in [-0.05, 0) is 58.4 Å². The molecule has 0 aliphatic heterocycles. The number of hydrogen-bond acceptors (Lipinski definition) is 0. The molecule has 0 N–H and O–H groups in total. The number of aryl methyl sites for hydroxylation is 1. The Hall–Kier alpha value is -1.82. The summed E-state index contributed by atoms with van der Waals surface area (Å²) in [5.74, 6) is 2.86. The van der Waals surface area contributed by atoms with Gasteiger partial charge in [-0.2, -0.15) is 0 Å². The Morgan fingerprint density at radius 2 is 1.83 bits per heavy atom. The maximum Gasteiger partial charge on any atom is -0.0116 e. The fourth-order valence-corrected chi connectivity index (χ4v) is 4.89. The van der Waals surface area contributed by atoms with Crippen molar-refractivity contribution in [3.05, 3.63) is 71.8 Å². The zero-order valence-electron chi connectivity index (χ0n) is 14.2. The van der Waals surface area contributed by atoms with Gasteiger partial charge in [-0.15, -0.1) is 0 Å². The van der Waals surface area contributed by atoms with Crippen LogP contribution in [-0.4, -0.2) is 0 Å². The summed E-state index contributed by atoms with van der Waals surface area (Å²) in [5.41, 5.74) is 3.23. The minimum atomic E-state index is 0.685. The van der Waals surface area contributed by atoms with E-state index in [-0.39, 0.29) is 0 Å². The van der Waals surface area contributed by atoms with Gasteiger partial charge in [0, 0.05) is 0 Å². The van der Waals surface area contributed by atoms with Crippen molar-refractivity contribution in [2.75, 3.05) is 0 Å². The maximum absolute atomic E-state index is 2.47. The topological polar surface area (TPSA) is 0 Å². The van der Waals surface area contributed by atoms with Crippen molar-refractivity contribution in [3.63, 3.8) is 0 Å². The summed E-state index contributed by atoms with van der Waals surface area (Å²) < 4.78 is 0. The van der Waals surface area contributed by atoms with Gasteiger partial charge in [0.05, 0.1) is 0 Å². The van der Waals surface area contributed by atoms with E-state index in [1.165, 1.54) is 30.0 Å². The van der Waals surface area contributed by atoms with Gasteiger partial charge < -0.3 is 0 Å². The number of benzene rings is 2. The Labute approximate surface area is 139 Å². The van der Waals surface area contributed by atoms with Crippen molar-refractivity contribution in [2.45, 2.75) is 39.0 Å². The van der Waals surface area contributed by atoms with Crippen molar-refractivity contribution in [2.24, 2.45) is 17.8 Å². The average molecular weight is 302 g/mol. The SMILES string of the molecule is CCCc1ccc2ccccc2c1C1CC2C=CC=CC2C1C. The van der Waals surface area contributed by atoms with Crippen LogP contribution in [0.15, 0.2) is 60.7 Å². The largest absolute Gasteiger partial charge is 0.0808 e. The number of rotatable bonds is 3. The molecule has 1 saturated carbocycles. The highest BCUT2D eigenvalue weighted by Gasteiger charge is 2.40. The Bertz CT molecular complexity index is 765. The van der Waals surface area contributed by atoms with Gasteiger partial charge in [-0.3, -0.25) is 0 Å². The van der Waals surface area contributed by atoms with E-state index in [1.807, 2.05) is 0 Å². The summed E-state index contributed by atoms with van der Waals surface area (Å²) in [7, 11) is 0. The first-order valence-corrected chi connectivity index (χ1v) is 9.15. The zero-order chi connectivity index (χ0) is 15.8. The molecule has 2 aliphatic carbocycles. The Kier molecular flexibility index (Phi) is 3.85. The minimum Gasteiger partial charge on any atom is -0.0808 e. The molecule has 4 rings (SSSR count). The van der Waals surface area contributed by atoms with E-state index < -0.39 is 0 Å². The van der Waals surface area contributed by atoms with Gasteiger partial charge in [-0.25, -0.2) is 0 Å². The van der Waals surface area contributed by atoms with Crippen molar-refractivity contribution >= 4 is 10.8 Å². The number of allylic oxidation sites excluding steroid dienone is 4. The fourth-order valence-electron chi connectivity index (χ4n) is 4.89. The molecule has 0 heterocycles. The van der Waals surface area contributed by atoms with Gasteiger partial charge >= 0.3 is 0 Å². The first-order valence-electron chi connectivity index (χ1n) is 9.15. The molecule has 0 radical (unpaired) electrons. The third-order valence-corrected chi connectivity index (χ3v) is 6.02. The maximum atomic E-state index is 2.47. The lowest BCUT2D eigenvalue weighted by Crippen LogP contribution is -2.13. The highest BCUT2D eigenvalue weighted by atomic mass is 14.4. The minimum absolute atomic E-state index is 0.685. The van der Waals surface area contributed by atoms with Gasteiger partial charge in [0.2, 0.25) is 0 Å². The second kappa shape index (κ2) is 6.00. The van der Waals surface area contributed by atoms with Crippen LogP contribution >= 0.6 is 0 Å². The van der Waals surface area contributed by atoms with E-state index in [1.54, 1.807) is 11.1 Å². The van der Waals surface area contributed by atoms with E-state index >= 15 is 0 Å². The Morgan fingerprint density at radius 3 is 2.65 bits per heavy atom. The van der Waals surface area contributed by atoms with E-state index in [0.29, 0.717) is 5.92 Å². The number of fused-ring (bicyclic) bond motifs is 2. The van der Waals surface area contributed by atoms with E-state index in [4.69, 9.17) is 0 Å². The van der Waals surface area contributed by atoms with Crippen LogP contribution in [0.25, 0.3) is 10.8 Å². The normalized spacial score (nSPS) is 29.1. The van der Waals surface area contributed by atoms with Gasteiger partial charge in [0.15, 0.2) is 0 Å². The molecule has 23 heavy (non-hydrogen) atoms. The highest BCUT2D eigenvalue weighted by Crippen LogP contribution is 2.51. The van der Waals surface area contributed by atoms with Crippen LogP contribution in [0, 0.1) is 17.8 Å². The van der Waals surface area contributed by atoms with Crippen molar-refractivity contribution < 1.29 is 0 Å². The van der Waals surface area contributed by atoms with Crippen LogP contribution in [0.3, 0.4) is 0 Å². The lowest BCUT2D eigenvalue weighted by atomic mass is 9.80. The molecule has 4 unspecified atom stereocenters. The van der Waals surface area contributed by atoms with Crippen LogP contribution in [-0.2, 0) is 6.42 Å². The Morgan fingerprint density at radius 1 is 1.00 bits per heavy atom. The van der Waals surface area contributed by atoms with Crippen LogP contribution < -0.4 is 0 Å².